The van der Waals surface area contributed by atoms with Crippen molar-refractivity contribution in [3.63, 3.8) is 0 Å². The van der Waals surface area contributed by atoms with Crippen LogP contribution in [0.5, 0.6) is 5.75 Å². The number of carbonyl (C=O) groups is 1. The van der Waals surface area contributed by atoms with Gasteiger partial charge in [-0.05, 0) is 55.9 Å². The Bertz CT molecular complexity index is 1290. The Labute approximate surface area is 206 Å². The average Bonchev–Trinajstić information content (AvgIpc) is 3.47. The zero-order valence-corrected chi connectivity index (χ0v) is 20.4. The van der Waals surface area contributed by atoms with E-state index in [0.717, 1.165) is 34.7 Å². The van der Waals surface area contributed by atoms with Crippen LogP contribution in [0.3, 0.4) is 0 Å². The second-order valence-electron chi connectivity index (χ2n) is 8.01. The van der Waals surface area contributed by atoms with Gasteiger partial charge in [-0.15, -0.1) is 21.5 Å². The first-order valence-corrected chi connectivity index (χ1v) is 13.0. The first-order valence-electron chi connectivity index (χ1n) is 11.2. The average molecular weight is 493 g/mol. The fourth-order valence-electron chi connectivity index (χ4n) is 3.90. The van der Waals surface area contributed by atoms with Gasteiger partial charge in [-0.3, -0.25) is 4.79 Å². The van der Waals surface area contributed by atoms with E-state index in [-0.39, 0.29) is 18.3 Å². The molecule has 0 atom stereocenters. The molecular formula is C25H24N4O3S2. The maximum atomic E-state index is 12.4. The molecule has 2 heterocycles. The summed E-state index contributed by atoms with van der Waals surface area (Å²) < 4.78 is 11.5. The van der Waals surface area contributed by atoms with Crippen LogP contribution in [0.2, 0.25) is 0 Å². The van der Waals surface area contributed by atoms with Gasteiger partial charge in [0.05, 0.1) is 11.4 Å². The number of aryl methyl sites for hydroxylation is 3. The predicted molar refractivity (Wildman–Crippen MR) is 133 cm³/mol. The van der Waals surface area contributed by atoms with Crippen molar-refractivity contribution >= 4 is 34.1 Å². The number of nitrogens with one attached hydrogen (secondary N) is 1. The number of hydrogen-bond donors (Lipinski definition) is 1. The Morgan fingerprint density at radius 2 is 1.94 bits per heavy atom. The minimum absolute atomic E-state index is 0.145. The number of fused-ring (bicyclic) bond motifs is 1. The second-order valence-corrected chi connectivity index (χ2v) is 10.1. The molecule has 0 bridgehead atoms. The van der Waals surface area contributed by atoms with Gasteiger partial charge < -0.3 is 14.5 Å². The van der Waals surface area contributed by atoms with Crippen LogP contribution < -0.4 is 10.1 Å². The lowest BCUT2D eigenvalue weighted by atomic mass is 9.92. The van der Waals surface area contributed by atoms with Gasteiger partial charge in [-0.1, -0.05) is 48.2 Å². The lowest BCUT2D eigenvalue weighted by Gasteiger charge is -2.16. The van der Waals surface area contributed by atoms with E-state index in [1.807, 2.05) is 43.3 Å². The van der Waals surface area contributed by atoms with E-state index in [1.54, 1.807) is 0 Å². The van der Waals surface area contributed by atoms with Crippen LogP contribution in [0.25, 0.3) is 11.3 Å². The van der Waals surface area contributed by atoms with E-state index in [2.05, 4.69) is 32.6 Å². The van der Waals surface area contributed by atoms with Crippen molar-refractivity contribution in [2.75, 3.05) is 11.1 Å². The van der Waals surface area contributed by atoms with Crippen molar-refractivity contribution < 1.29 is 13.9 Å². The van der Waals surface area contributed by atoms with Crippen LogP contribution in [-0.4, -0.2) is 26.8 Å². The monoisotopic (exact) mass is 492 g/mol. The van der Waals surface area contributed by atoms with Gasteiger partial charge in [0.25, 0.3) is 11.1 Å². The van der Waals surface area contributed by atoms with Gasteiger partial charge in [0.1, 0.15) is 5.75 Å². The summed E-state index contributed by atoms with van der Waals surface area (Å²) in [5, 5.41) is 11.8. The minimum atomic E-state index is -0.177. The third-order valence-corrected chi connectivity index (χ3v) is 7.25. The summed E-state index contributed by atoms with van der Waals surface area (Å²) in [4.78, 5) is 18.0. The maximum absolute atomic E-state index is 12.4. The summed E-state index contributed by atoms with van der Waals surface area (Å²) in [6, 6.07) is 16.2. The number of amides is 1. The third-order valence-electron chi connectivity index (χ3n) is 5.55. The molecule has 174 valence electrons. The molecule has 5 rings (SSSR count). The van der Waals surface area contributed by atoms with Gasteiger partial charge >= 0.3 is 0 Å². The van der Waals surface area contributed by atoms with Crippen molar-refractivity contribution in [1.82, 2.24) is 15.2 Å². The highest BCUT2D eigenvalue weighted by molar-refractivity contribution is 7.99. The molecule has 0 unspecified atom stereocenters. The van der Waals surface area contributed by atoms with Crippen molar-refractivity contribution in [2.45, 2.75) is 44.4 Å². The number of benzene rings is 2. The zero-order valence-electron chi connectivity index (χ0n) is 18.7. The topological polar surface area (TPSA) is 90.1 Å². The van der Waals surface area contributed by atoms with Crippen molar-refractivity contribution in [3.8, 4) is 17.0 Å². The molecule has 0 fully saturated rings. The molecule has 1 aliphatic rings. The molecule has 0 saturated heterocycles. The fourth-order valence-corrected chi connectivity index (χ4v) is 5.33. The number of rotatable bonds is 8. The first-order chi connectivity index (χ1) is 16.6. The lowest BCUT2D eigenvalue weighted by Crippen LogP contribution is -2.13. The molecule has 1 N–H and O–H groups in total. The predicted octanol–water partition coefficient (Wildman–Crippen LogP) is 5.69. The number of nitrogens with zero attached hydrogens (tertiary/aromatic N) is 3. The van der Waals surface area contributed by atoms with Gasteiger partial charge in [0.2, 0.25) is 5.91 Å². The summed E-state index contributed by atoms with van der Waals surface area (Å²) >= 11 is 2.64. The third kappa shape index (κ3) is 5.48. The molecule has 2 aromatic carbocycles. The summed E-state index contributed by atoms with van der Waals surface area (Å²) in [6.07, 6.45) is 4.73. The van der Waals surface area contributed by atoms with Crippen LogP contribution in [0, 0.1) is 6.92 Å². The van der Waals surface area contributed by atoms with Crippen molar-refractivity contribution in [1.29, 1.82) is 0 Å². The normalized spacial score (nSPS) is 12.9. The van der Waals surface area contributed by atoms with E-state index in [1.165, 1.54) is 47.1 Å². The molecule has 0 saturated carbocycles. The van der Waals surface area contributed by atoms with Gasteiger partial charge in [-0.2, -0.15) is 0 Å². The maximum Gasteiger partial charge on any atom is 0.277 e. The van der Waals surface area contributed by atoms with Gasteiger partial charge in [-0.25, -0.2) is 4.98 Å². The molecule has 1 aliphatic carbocycles. The number of thioether (sulfide) groups is 1. The van der Waals surface area contributed by atoms with Crippen LogP contribution in [-0.2, 0) is 24.2 Å². The van der Waals surface area contributed by atoms with Crippen molar-refractivity contribution in [3.05, 3.63) is 70.4 Å². The highest BCUT2D eigenvalue weighted by atomic mass is 32.2. The molecular weight excluding hydrogens is 468 g/mol. The van der Waals surface area contributed by atoms with E-state index in [9.17, 15) is 4.79 Å². The molecule has 7 nitrogen and oxygen atoms in total. The second kappa shape index (κ2) is 10.4. The van der Waals surface area contributed by atoms with E-state index in [0.29, 0.717) is 16.2 Å². The Hall–Kier alpha value is -3.17. The largest absolute Gasteiger partial charge is 0.484 e. The Kier molecular flexibility index (Phi) is 6.92. The molecule has 4 aromatic rings. The van der Waals surface area contributed by atoms with E-state index in [4.69, 9.17) is 9.15 Å². The summed E-state index contributed by atoms with van der Waals surface area (Å²) in [7, 11) is 0. The smallest absolute Gasteiger partial charge is 0.277 e. The molecule has 2 aromatic heterocycles. The van der Waals surface area contributed by atoms with Crippen LogP contribution in [0.1, 0.15) is 34.7 Å². The quantitative estimate of drug-likeness (QED) is 0.316. The number of aromatic nitrogens is 3. The van der Waals surface area contributed by atoms with Crippen LogP contribution in [0.15, 0.2) is 58.2 Å². The minimum Gasteiger partial charge on any atom is -0.484 e. The highest BCUT2D eigenvalue weighted by Crippen LogP contribution is 2.30. The standard InChI is InChI=1S/C25H24N4O3S2/c1-16-23(18-8-3-2-4-9-18)27-24(34-16)26-21(30)15-33-25-29-28-22(32-25)14-31-20-12-11-17-7-5-6-10-19(17)13-20/h2-4,8-9,11-13H,5-7,10,14-15H2,1H3,(H,26,27,30). The molecule has 1 amide bonds. The van der Waals surface area contributed by atoms with Crippen LogP contribution in [0.4, 0.5) is 5.13 Å². The SMILES string of the molecule is Cc1sc(NC(=O)CSc2nnc(COc3ccc4c(c3)CCCC4)o2)nc1-c1ccccc1. The van der Waals surface area contributed by atoms with Gasteiger partial charge in [0.15, 0.2) is 11.7 Å². The van der Waals surface area contributed by atoms with Gasteiger partial charge in [0, 0.05) is 10.4 Å². The Morgan fingerprint density at radius 3 is 2.79 bits per heavy atom. The van der Waals surface area contributed by atoms with E-state index >= 15 is 0 Å². The lowest BCUT2D eigenvalue weighted by molar-refractivity contribution is -0.113. The van der Waals surface area contributed by atoms with Crippen LogP contribution >= 0.6 is 23.1 Å². The summed E-state index contributed by atoms with van der Waals surface area (Å²) in [5.74, 6) is 1.15. The number of thiazole rings is 1. The van der Waals surface area contributed by atoms with E-state index < -0.39 is 0 Å². The molecule has 9 heteroatoms. The molecule has 0 radical (unpaired) electrons. The first kappa shape index (κ1) is 22.6. The zero-order chi connectivity index (χ0) is 23.3. The molecule has 0 aliphatic heterocycles. The number of ether oxygens (including phenoxy) is 1. The Balaban J connectivity index is 1.11. The molecule has 0 spiro atoms. The number of carbonyl (C=O) groups excluding carboxylic acids is 1. The highest BCUT2D eigenvalue weighted by Gasteiger charge is 2.15. The number of hydrogen-bond acceptors (Lipinski definition) is 8. The summed E-state index contributed by atoms with van der Waals surface area (Å²) in [5.41, 5.74) is 4.69. The number of anilines is 1. The fraction of sp³-hybridized carbons (Fsp3) is 0.280. The Morgan fingerprint density at radius 1 is 1.12 bits per heavy atom. The molecule has 34 heavy (non-hydrogen) atoms. The van der Waals surface area contributed by atoms with Crippen molar-refractivity contribution in [2.24, 2.45) is 0 Å². The summed E-state index contributed by atoms with van der Waals surface area (Å²) in [6.45, 7) is 2.19.